The summed E-state index contributed by atoms with van der Waals surface area (Å²) in [5.41, 5.74) is 1.25. The number of carbonyl (C=O) groups is 1. The molecule has 124 valence electrons. The maximum Gasteiger partial charge on any atom is 0.257 e. The Morgan fingerprint density at radius 2 is 2.00 bits per heavy atom. The quantitative estimate of drug-likeness (QED) is 0.803. The summed E-state index contributed by atoms with van der Waals surface area (Å²) in [6.07, 6.45) is 7.03. The van der Waals surface area contributed by atoms with Gasteiger partial charge in [-0.3, -0.25) is 4.79 Å². The fourth-order valence-electron chi connectivity index (χ4n) is 2.30. The molecule has 0 radical (unpaired) electrons. The van der Waals surface area contributed by atoms with Crippen LogP contribution in [0.2, 0.25) is 0 Å². The number of amides is 1. The van der Waals surface area contributed by atoms with E-state index in [1.807, 2.05) is 43.7 Å². The molecule has 1 amide bonds. The minimum atomic E-state index is -0.0485. The number of anilines is 1. The summed E-state index contributed by atoms with van der Waals surface area (Å²) in [6, 6.07) is 0. The normalized spacial score (nSPS) is 10.7. The number of rotatable bonds is 6. The molecule has 2 aromatic rings. The topological polar surface area (TPSA) is 67.2 Å². The predicted molar refractivity (Wildman–Crippen MR) is 89.6 cm³/mol. The van der Waals surface area contributed by atoms with Gasteiger partial charge < -0.3 is 14.4 Å². The first kappa shape index (κ1) is 16.9. The molecule has 0 atom stereocenters. The molecular weight excluding hydrogens is 292 g/mol. The Labute approximate surface area is 137 Å². The largest absolute Gasteiger partial charge is 0.347 e. The van der Waals surface area contributed by atoms with Crippen molar-refractivity contribution in [2.45, 2.75) is 19.8 Å². The van der Waals surface area contributed by atoms with E-state index in [9.17, 15) is 4.79 Å². The van der Waals surface area contributed by atoms with Gasteiger partial charge in [0.25, 0.3) is 5.91 Å². The van der Waals surface area contributed by atoms with Crippen LogP contribution >= 0.6 is 0 Å². The minimum Gasteiger partial charge on any atom is -0.347 e. The van der Waals surface area contributed by atoms with Crippen LogP contribution in [0, 0.1) is 6.92 Å². The zero-order valence-corrected chi connectivity index (χ0v) is 14.4. The second-order valence-electron chi connectivity index (χ2n) is 5.85. The molecular formula is C16H24N6O. The van der Waals surface area contributed by atoms with E-state index in [-0.39, 0.29) is 5.91 Å². The van der Waals surface area contributed by atoms with Crippen LogP contribution in [-0.2, 0) is 13.5 Å². The third-order valence-corrected chi connectivity index (χ3v) is 3.76. The number of hydrogen-bond donors (Lipinski definition) is 0. The first-order valence-corrected chi connectivity index (χ1v) is 7.62. The van der Waals surface area contributed by atoms with Crippen molar-refractivity contribution in [3.8, 4) is 0 Å². The van der Waals surface area contributed by atoms with Gasteiger partial charge in [-0.05, 0) is 13.3 Å². The molecule has 0 unspecified atom stereocenters. The summed E-state index contributed by atoms with van der Waals surface area (Å²) in [7, 11) is 7.53. The third-order valence-electron chi connectivity index (χ3n) is 3.76. The smallest absolute Gasteiger partial charge is 0.257 e. The molecule has 0 aromatic carbocycles. The lowest BCUT2D eigenvalue weighted by molar-refractivity contribution is 0.0791. The van der Waals surface area contributed by atoms with Crippen LogP contribution in [0.25, 0.3) is 0 Å². The van der Waals surface area contributed by atoms with Crippen LogP contribution in [0.4, 0.5) is 5.95 Å². The van der Waals surface area contributed by atoms with Crippen molar-refractivity contribution < 1.29 is 4.79 Å². The van der Waals surface area contributed by atoms with Gasteiger partial charge in [-0.25, -0.2) is 15.0 Å². The van der Waals surface area contributed by atoms with Crippen LogP contribution in [-0.4, -0.2) is 58.0 Å². The average molecular weight is 316 g/mol. The molecule has 7 heteroatoms. The van der Waals surface area contributed by atoms with Gasteiger partial charge >= 0.3 is 0 Å². The molecule has 23 heavy (non-hydrogen) atoms. The van der Waals surface area contributed by atoms with E-state index in [0.717, 1.165) is 18.7 Å². The van der Waals surface area contributed by atoms with Crippen molar-refractivity contribution in [1.82, 2.24) is 24.4 Å². The van der Waals surface area contributed by atoms with Gasteiger partial charge in [0.15, 0.2) is 0 Å². The van der Waals surface area contributed by atoms with E-state index in [1.165, 1.54) is 0 Å². The van der Waals surface area contributed by atoms with E-state index in [4.69, 9.17) is 0 Å². The lowest BCUT2D eigenvalue weighted by atomic mass is 10.2. The minimum absolute atomic E-state index is 0.0485. The van der Waals surface area contributed by atoms with Crippen molar-refractivity contribution in [3.63, 3.8) is 0 Å². The number of aromatic nitrogens is 4. The Morgan fingerprint density at radius 3 is 2.57 bits per heavy atom. The van der Waals surface area contributed by atoms with Crippen LogP contribution in [0.5, 0.6) is 0 Å². The average Bonchev–Trinajstić information content (AvgIpc) is 2.91. The Kier molecular flexibility index (Phi) is 5.31. The van der Waals surface area contributed by atoms with Gasteiger partial charge in [-0.15, -0.1) is 0 Å². The van der Waals surface area contributed by atoms with E-state index < -0.39 is 0 Å². The summed E-state index contributed by atoms with van der Waals surface area (Å²) < 4.78 is 2.00. The van der Waals surface area contributed by atoms with Crippen molar-refractivity contribution in [3.05, 3.63) is 35.7 Å². The van der Waals surface area contributed by atoms with Crippen molar-refractivity contribution in [2.24, 2.45) is 7.05 Å². The zero-order chi connectivity index (χ0) is 17.0. The highest BCUT2D eigenvalue weighted by atomic mass is 16.2. The van der Waals surface area contributed by atoms with Crippen LogP contribution < -0.4 is 4.90 Å². The lowest BCUT2D eigenvalue weighted by Gasteiger charge is -2.18. The van der Waals surface area contributed by atoms with Crippen LogP contribution in [0.15, 0.2) is 18.6 Å². The number of aryl methyl sites for hydroxylation is 3. The molecule has 2 heterocycles. The van der Waals surface area contributed by atoms with Crippen LogP contribution in [0.3, 0.4) is 0 Å². The Hall–Kier alpha value is -2.44. The van der Waals surface area contributed by atoms with Gasteiger partial charge in [0.2, 0.25) is 5.95 Å². The second kappa shape index (κ2) is 7.21. The number of imidazole rings is 1. The fraction of sp³-hybridized carbons (Fsp3) is 0.500. The summed E-state index contributed by atoms with van der Waals surface area (Å²) >= 11 is 0. The van der Waals surface area contributed by atoms with Gasteiger partial charge in [-0.2, -0.15) is 0 Å². The van der Waals surface area contributed by atoms with Crippen molar-refractivity contribution >= 4 is 11.9 Å². The molecule has 0 fully saturated rings. The van der Waals surface area contributed by atoms with Crippen molar-refractivity contribution in [2.75, 3.05) is 32.6 Å². The van der Waals surface area contributed by atoms with E-state index in [0.29, 0.717) is 23.8 Å². The molecule has 0 N–H and O–H groups in total. The molecule has 0 aliphatic carbocycles. The fourth-order valence-corrected chi connectivity index (χ4v) is 2.30. The molecule has 0 saturated carbocycles. The maximum atomic E-state index is 12.5. The van der Waals surface area contributed by atoms with E-state index in [1.54, 1.807) is 24.3 Å². The summed E-state index contributed by atoms with van der Waals surface area (Å²) in [5.74, 6) is 1.59. The predicted octanol–water partition coefficient (Wildman–Crippen LogP) is 1.29. The third kappa shape index (κ3) is 4.06. The highest BCUT2D eigenvalue weighted by Crippen LogP contribution is 2.11. The molecule has 2 rings (SSSR count). The molecule has 7 nitrogen and oxygen atoms in total. The summed E-state index contributed by atoms with van der Waals surface area (Å²) in [6.45, 7) is 2.50. The molecule has 0 saturated heterocycles. The number of nitrogens with zero attached hydrogens (tertiary/aromatic N) is 6. The molecule has 0 aliphatic heterocycles. The molecule has 0 spiro atoms. The van der Waals surface area contributed by atoms with Crippen LogP contribution in [0.1, 0.15) is 28.3 Å². The SMILES string of the molecule is Cc1nc(N(C)C)ncc1C(=O)N(C)CCCc1nccn1C. The molecule has 0 bridgehead atoms. The Morgan fingerprint density at radius 1 is 1.26 bits per heavy atom. The highest BCUT2D eigenvalue weighted by Gasteiger charge is 2.16. The van der Waals surface area contributed by atoms with E-state index >= 15 is 0 Å². The van der Waals surface area contributed by atoms with Gasteiger partial charge in [0.05, 0.1) is 11.3 Å². The molecule has 0 aliphatic rings. The Bertz CT molecular complexity index is 679. The maximum absolute atomic E-state index is 12.5. The van der Waals surface area contributed by atoms with Gasteiger partial charge in [-0.1, -0.05) is 0 Å². The van der Waals surface area contributed by atoms with Gasteiger partial charge in [0.1, 0.15) is 5.82 Å². The van der Waals surface area contributed by atoms with E-state index in [2.05, 4.69) is 15.0 Å². The molecule has 2 aromatic heterocycles. The number of carbonyl (C=O) groups excluding carboxylic acids is 1. The second-order valence-corrected chi connectivity index (χ2v) is 5.85. The summed E-state index contributed by atoms with van der Waals surface area (Å²) in [5, 5.41) is 0. The van der Waals surface area contributed by atoms with Crippen molar-refractivity contribution in [1.29, 1.82) is 0 Å². The zero-order valence-electron chi connectivity index (χ0n) is 14.4. The first-order chi connectivity index (χ1) is 10.9. The van der Waals surface area contributed by atoms with Gasteiger partial charge in [0, 0.05) is 59.7 Å². The Balaban J connectivity index is 1.95. The standard InChI is InChI=1S/C16H24N6O/c1-12-13(11-18-16(19-12)20(2)3)15(23)22(5)9-6-7-14-17-8-10-21(14)4/h8,10-11H,6-7,9H2,1-5H3. The lowest BCUT2D eigenvalue weighted by Crippen LogP contribution is -2.29. The number of hydrogen-bond acceptors (Lipinski definition) is 5. The highest BCUT2D eigenvalue weighted by molar-refractivity contribution is 5.94. The summed E-state index contributed by atoms with van der Waals surface area (Å²) in [4.78, 5) is 28.9. The monoisotopic (exact) mass is 316 g/mol. The first-order valence-electron chi connectivity index (χ1n) is 7.62.